The molecule has 1 atom stereocenters. The van der Waals surface area contributed by atoms with Crippen molar-refractivity contribution < 1.29 is 4.79 Å². The topological polar surface area (TPSA) is 55.1 Å². The summed E-state index contributed by atoms with van der Waals surface area (Å²) in [4.78, 5) is 13.0. The summed E-state index contributed by atoms with van der Waals surface area (Å²) in [5.74, 6) is -0.0798. The Labute approximate surface area is 124 Å². The second-order valence-corrected chi connectivity index (χ2v) is 7.46. The molecular weight excluding hydrogens is 268 g/mol. The van der Waals surface area contributed by atoms with Gasteiger partial charge in [0, 0.05) is 16.1 Å². The Morgan fingerprint density at radius 3 is 2.60 bits per heavy atom. The molecule has 1 aromatic carbocycles. The molecule has 0 bridgehead atoms. The number of hydrogen-bond acceptors (Lipinski definition) is 3. The molecule has 1 heterocycles. The number of carbonyl (C=O) groups excluding carboxylic acids is 1. The van der Waals surface area contributed by atoms with Crippen LogP contribution in [0.1, 0.15) is 42.9 Å². The van der Waals surface area contributed by atoms with E-state index in [-0.39, 0.29) is 17.4 Å². The number of nitrogens with one attached hydrogen (secondary N) is 1. The van der Waals surface area contributed by atoms with Gasteiger partial charge in [0.15, 0.2) is 0 Å². The number of aryl methyl sites for hydroxylation is 1. The Kier molecular flexibility index (Phi) is 3.78. The molecule has 1 unspecified atom stereocenters. The van der Waals surface area contributed by atoms with E-state index in [1.165, 1.54) is 16.9 Å². The van der Waals surface area contributed by atoms with Crippen LogP contribution in [0.3, 0.4) is 0 Å². The summed E-state index contributed by atoms with van der Waals surface area (Å²) in [6, 6.07) is 6.16. The van der Waals surface area contributed by atoms with Crippen molar-refractivity contribution in [1.29, 1.82) is 0 Å². The average molecular weight is 290 g/mol. The lowest BCUT2D eigenvalue weighted by Crippen LogP contribution is -2.41. The zero-order valence-corrected chi connectivity index (χ0v) is 13.5. The second-order valence-electron chi connectivity index (χ2n) is 6.41. The normalized spacial score (nSPS) is 13.4. The second kappa shape index (κ2) is 5.09. The zero-order valence-electron chi connectivity index (χ0n) is 12.7. The minimum atomic E-state index is -0.0798. The van der Waals surface area contributed by atoms with Gasteiger partial charge in [-0.3, -0.25) is 4.79 Å². The fourth-order valence-corrected chi connectivity index (χ4v) is 3.00. The van der Waals surface area contributed by atoms with Gasteiger partial charge >= 0.3 is 0 Å². The molecule has 1 amide bonds. The molecule has 0 saturated heterocycles. The van der Waals surface area contributed by atoms with Crippen LogP contribution in [0.2, 0.25) is 0 Å². The molecule has 3 nitrogen and oxygen atoms in total. The van der Waals surface area contributed by atoms with Crippen molar-refractivity contribution in [3.05, 3.63) is 28.6 Å². The van der Waals surface area contributed by atoms with Crippen molar-refractivity contribution in [2.75, 3.05) is 5.73 Å². The summed E-state index contributed by atoms with van der Waals surface area (Å²) in [5.41, 5.74) is 7.91. The molecule has 4 heteroatoms. The van der Waals surface area contributed by atoms with Crippen LogP contribution in [0, 0.1) is 12.3 Å². The van der Waals surface area contributed by atoms with E-state index in [1.807, 2.05) is 26.0 Å². The number of nitrogen functional groups attached to an aromatic ring is 1. The number of nitrogens with two attached hydrogens (primary N) is 1. The standard InChI is InChI=1S/C16H22N2OS/c1-9-6-7-11-12(8-9)20-14(13(11)17)15(19)18-10(2)16(3,4)5/h6-8,10H,17H2,1-5H3,(H,18,19). The third kappa shape index (κ3) is 2.80. The third-order valence-electron chi connectivity index (χ3n) is 3.74. The quantitative estimate of drug-likeness (QED) is 0.879. The highest BCUT2D eigenvalue weighted by atomic mass is 32.1. The predicted molar refractivity (Wildman–Crippen MR) is 87.4 cm³/mol. The van der Waals surface area contributed by atoms with E-state index in [2.05, 4.69) is 32.2 Å². The van der Waals surface area contributed by atoms with Gasteiger partial charge in [-0.1, -0.05) is 32.9 Å². The average Bonchev–Trinajstić information content (AvgIpc) is 2.65. The first kappa shape index (κ1) is 14.9. The number of thiophene rings is 1. The zero-order chi connectivity index (χ0) is 15.1. The lowest BCUT2D eigenvalue weighted by atomic mass is 9.88. The molecule has 1 aromatic heterocycles. The summed E-state index contributed by atoms with van der Waals surface area (Å²) in [6.07, 6.45) is 0. The highest BCUT2D eigenvalue weighted by Crippen LogP contribution is 2.34. The van der Waals surface area contributed by atoms with Gasteiger partial charge in [0.2, 0.25) is 0 Å². The first-order valence-corrected chi connectivity index (χ1v) is 7.61. The van der Waals surface area contributed by atoms with Crippen LogP contribution in [0.25, 0.3) is 10.1 Å². The molecule has 0 spiro atoms. The van der Waals surface area contributed by atoms with Gasteiger partial charge in [-0.15, -0.1) is 11.3 Å². The van der Waals surface area contributed by atoms with Gasteiger partial charge in [0.25, 0.3) is 5.91 Å². The molecule has 20 heavy (non-hydrogen) atoms. The summed E-state index contributed by atoms with van der Waals surface area (Å²) >= 11 is 1.46. The van der Waals surface area contributed by atoms with E-state index in [1.54, 1.807) is 0 Å². The van der Waals surface area contributed by atoms with Crippen LogP contribution >= 0.6 is 11.3 Å². The van der Waals surface area contributed by atoms with Crippen LogP contribution in [0.15, 0.2) is 18.2 Å². The van der Waals surface area contributed by atoms with Crippen LogP contribution in [0.5, 0.6) is 0 Å². The first-order chi connectivity index (χ1) is 9.20. The maximum atomic E-state index is 12.4. The largest absolute Gasteiger partial charge is 0.397 e. The van der Waals surface area contributed by atoms with Crippen molar-refractivity contribution in [2.45, 2.75) is 40.7 Å². The summed E-state index contributed by atoms with van der Waals surface area (Å²) < 4.78 is 1.07. The Hall–Kier alpha value is -1.55. The summed E-state index contributed by atoms with van der Waals surface area (Å²) in [5, 5.41) is 4.01. The maximum Gasteiger partial charge on any atom is 0.263 e. The van der Waals surface area contributed by atoms with Gasteiger partial charge in [-0.05, 0) is 30.9 Å². The Bertz CT molecular complexity index is 652. The van der Waals surface area contributed by atoms with Gasteiger partial charge in [-0.2, -0.15) is 0 Å². The number of benzene rings is 1. The first-order valence-electron chi connectivity index (χ1n) is 6.79. The van der Waals surface area contributed by atoms with Gasteiger partial charge in [-0.25, -0.2) is 0 Å². The Morgan fingerprint density at radius 1 is 1.35 bits per heavy atom. The van der Waals surface area contributed by atoms with Crippen LogP contribution in [-0.4, -0.2) is 11.9 Å². The van der Waals surface area contributed by atoms with E-state index in [4.69, 9.17) is 5.73 Å². The van der Waals surface area contributed by atoms with Crippen LogP contribution < -0.4 is 11.1 Å². The minimum Gasteiger partial charge on any atom is -0.397 e. The van der Waals surface area contributed by atoms with Crippen molar-refractivity contribution in [3.63, 3.8) is 0 Å². The number of anilines is 1. The van der Waals surface area contributed by atoms with E-state index in [9.17, 15) is 4.79 Å². The van der Waals surface area contributed by atoms with E-state index in [0.29, 0.717) is 10.6 Å². The smallest absolute Gasteiger partial charge is 0.263 e. The van der Waals surface area contributed by atoms with Crippen molar-refractivity contribution >= 4 is 33.0 Å². The molecule has 2 aromatic rings. The highest BCUT2D eigenvalue weighted by Gasteiger charge is 2.24. The molecule has 3 N–H and O–H groups in total. The van der Waals surface area contributed by atoms with Gasteiger partial charge in [0.05, 0.1) is 5.69 Å². The number of amides is 1. The molecule has 0 saturated carbocycles. The van der Waals surface area contributed by atoms with Crippen molar-refractivity contribution in [1.82, 2.24) is 5.32 Å². The van der Waals surface area contributed by atoms with E-state index in [0.717, 1.165) is 10.1 Å². The number of carbonyl (C=O) groups is 1. The molecule has 0 fully saturated rings. The fourth-order valence-electron chi connectivity index (χ4n) is 1.87. The SMILES string of the molecule is Cc1ccc2c(N)c(C(=O)NC(C)C(C)(C)C)sc2c1. The molecule has 0 aliphatic carbocycles. The number of hydrogen-bond donors (Lipinski definition) is 2. The Balaban J connectivity index is 2.33. The molecule has 108 valence electrons. The fraction of sp³-hybridized carbons (Fsp3) is 0.438. The molecule has 0 aliphatic rings. The number of rotatable bonds is 2. The monoisotopic (exact) mass is 290 g/mol. The van der Waals surface area contributed by atoms with E-state index >= 15 is 0 Å². The molecular formula is C16H22N2OS. The predicted octanol–water partition coefficient (Wildman–Crippen LogP) is 3.96. The molecule has 0 radical (unpaired) electrons. The lowest BCUT2D eigenvalue weighted by molar-refractivity contribution is 0.0915. The van der Waals surface area contributed by atoms with Crippen molar-refractivity contribution in [3.8, 4) is 0 Å². The Morgan fingerprint density at radius 2 is 2.00 bits per heavy atom. The lowest BCUT2D eigenvalue weighted by Gasteiger charge is -2.27. The highest BCUT2D eigenvalue weighted by molar-refractivity contribution is 7.21. The summed E-state index contributed by atoms with van der Waals surface area (Å²) in [7, 11) is 0. The molecule has 2 rings (SSSR count). The van der Waals surface area contributed by atoms with Crippen molar-refractivity contribution in [2.24, 2.45) is 5.41 Å². The molecule has 0 aliphatic heterocycles. The third-order valence-corrected chi connectivity index (χ3v) is 4.90. The summed E-state index contributed by atoms with van der Waals surface area (Å²) in [6.45, 7) is 10.4. The van der Waals surface area contributed by atoms with Crippen LogP contribution in [0.4, 0.5) is 5.69 Å². The van der Waals surface area contributed by atoms with Gasteiger partial charge < -0.3 is 11.1 Å². The van der Waals surface area contributed by atoms with Crippen LogP contribution in [-0.2, 0) is 0 Å². The maximum absolute atomic E-state index is 12.4. The number of fused-ring (bicyclic) bond motifs is 1. The minimum absolute atomic E-state index is 0.0255. The van der Waals surface area contributed by atoms with Gasteiger partial charge in [0.1, 0.15) is 4.88 Å². The van der Waals surface area contributed by atoms with E-state index < -0.39 is 0 Å².